The second-order valence-electron chi connectivity index (χ2n) is 7.90. The highest BCUT2D eigenvalue weighted by atomic mass is 35.5. The lowest BCUT2D eigenvalue weighted by atomic mass is 9.99. The lowest BCUT2D eigenvalue weighted by Gasteiger charge is -2.22. The van der Waals surface area contributed by atoms with Crippen LogP contribution < -0.4 is 5.32 Å². The van der Waals surface area contributed by atoms with Crippen molar-refractivity contribution in [2.24, 2.45) is 0 Å². The van der Waals surface area contributed by atoms with Crippen LogP contribution >= 0.6 is 11.6 Å². The van der Waals surface area contributed by atoms with Gasteiger partial charge in [0.2, 0.25) is 0 Å². The zero-order valence-electron chi connectivity index (χ0n) is 19.7. The number of hydrogen-bond acceptors (Lipinski definition) is 4. The summed E-state index contributed by atoms with van der Waals surface area (Å²) in [5.41, 5.74) is 3.87. The zero-order chi connectivity index (χ0) is 24.9. The van der Waals surface area contributed by atoms with Crippen molar-refractivity contribution in [1.29, 1.82) is 0 Å². The van der Waals surface area contributed by atoms with Crippen molar-refractivity contribution in [2.45, 2.75) is 45.2 Å². The number of carbonyl (C=O) groups excluding carboxylic acids is 1. The Kier molecular flexibility index (Phi) is 11.3. The number of esters is 1. The molecule has 0 amide bonds. The smallest absolute Gasteiger partial charge is 0.323 e. The number of carbonyl (C=O) groups is 2. The predicted molar refractivity (Wildman–Crippen MR) is 138 cm³/mol. The quantitative estimate of drug-likeness (QED) is 0.290. The minimum Gasteiger partial charge on any atom is -0.480 e. The van der Waals surface area contributed by atoms with Crippen molar-refractivity contribution in [3.05, 3.63) is 101 Å². The Morgan fingerprint density at radius 3 is 2.35 bits per heavy atom. The van der Waals surface area contributed by atoms with Gasteiger partial charge < -0.3 is 9.84 Å². The molecular formula is C28H32ClNO4. The van der Waals surface area contributed by atoms with Gasteiger partial charge in [0.05, 0.1) is 6.61 Å². The molecule has 2 aromatic rings. The summed E-state index contributed by atoms with van der Waals surface area (Å²) in [6.45, 7) is 7.55. The first-order valence-corrected chi connectivity index (χ1v) is 11.7. The molecule has 6 heteroatoms. The van der Waals surface area contributed by atoms with Gasteiger partial charge in [-0.05, 0) is 67.5 Å². The number of carboxylic acids is 1. The molecular weight excluding hydrogens is 450 g/mol. The van der Waals surface area contributed by atoms with E-state index in [0.717, 1.165) is 22.3 Å². The van der Waals surface area contributed by atoms with E-state index in [-0.39, 0.29) is 13.0 Å². The Balaban J connectivity index is 2.12. The molecule has 0 saturated carbocycles. The van der Waals surface area contributed by atoms with Crippen LogP contribution in [0.15, 0.2) is 84.4 Å². The Hall–Kier alpha value is -3.15. The Bertz CT molecular complexity index is 1010. The average molecular weight is 482 g/mol. The van der Waals surface area contributed by atoms with E-state index in [1.165, 1.54) is 0 Å². The van der Waals surface area contributed by atoms with Crippen LogP contribution in [0, 0.1) is 0 Å². The molecule has 0 heterocycles. The minimum atomic E-state index is -1.02. The van der Waals surface area contributed by atoms with Crippen LogP contribution in [0.4, 0.5) is 0 Å². The number of rotatable bonds is 13. The number of carboxylic acid groups (broad SMARTS) is 1. The van der Waals surface area contributed by atoms with Crippen LogP contribution in [0.3, 0.4) is 0 Å². The summed E-state index contributed by atoms with van der Waals surface area (Å²) in [5, 5.41) is 13.4. The van der Waals surface area contributed by atoms with Crippen molar-refractivity contribution >= 4 is 29.1 Å². The number of allylic oxidation sites excluding steroid dienone is 5. The van der Waals surface area contributed by atoms with Gasteiger partial charge in [-0.1, -0.05) is 78.9 Å². The number of halogens is 1. The van der Waals surface area contributed by atoms with Crippen LogP contribution in [-0.2, 0) is 27.2 Å². The standard InChI is InChI=1S/C28H32ClNO4/c1-4-9-24(29)18-20(3)23-15-12-22(13-16-23)19-26(27(31)32)30-25(28(33)34-5-2)17-14-21-10-7-6-8-11-21/h4,6-13,15-16,18,25-26,30H,1,5,14,17,19H2,2-3H3,(H,31,32)/b20-18+,24-9+/t25-,26-/m0/s1. The number of aliphatic carboxylic acids is 1. The molecule has 0 saturated heterocycles. The van der Waals surface area contributed by atoms with Crippen LogP contribution in [0.1, 0.15) is 37.0 Å². The van der Waals surface area contributed by atoms with Gasteiger partial charge in [0.25, 0.3) is 0 Å². The third-order valence-corrected chi connectivity index (χ3v) is 5.55. The van der Waals surface area contributed by atoms with E-state index in [1.54, 1.807) is 19.1 Å². The summed E-state index contributed by atoms with van der Waals surface area (Å²) in [5.74, 6) is -1.46. The molecule has 2 aromatic carbocycles. The van der Waals surface area contributed by atoms with Crippen LogP contribution in [0.5, 0.6) is 0 Å². The second kappa shape index (κ2) is 14.2. The van der Waals surface area contributed by atoms with Gasteiger partial charge in [-0.3, -0.25) is 14.9 Å². The summed E-state index contributed by atoms with van der Waals surface area (Å²) in [7, 11) is 0. The molecule has 0 radical (unpaired) electrons. The number of aryl methyl sites for hydroxylation is 1. The predicted octanol–water partition coefficient (Wildman–Crippen LogP) is 5.55. The molecule has 0 fully saturated rings. The molecule has 5 nitrogen and oxygen atoms in total. The van der Waals surface area contributed by atoms with Gasteiger partial charge in [-0.15, -0.1) is 0 Å². The molecule has 0 aliphatic carbocycles. The normalized spacial score (nSPS) is 13.7. The lowest BCUT2D eigenvalue weighted by molar-refractivity contribution is -0.147. The molecule has 2 N–H and O–H groups in total. The molecule has 0 aromatic heterocycles. The van der Waals surface area contributed by atoms with Gasteiger partial charge >= 0.3 is 11.9 Å². The van der Waals surface area contributed by atoms with E-state index in [9.17, 15) is 14.7 Å². The van der Waals surface area contributed by atoms with Crippen molar-refractivity contribution in [1.82, 2.24) is 5.32 Å². The van der Waals surface area contributed by atoms with E-state index < -0.39 is 24.0 Å². The van der Waals surface area contributed by atoms with E-state index >= 15 is 0 Å². The second-order valence-corrected chi connectivity index (χ2v) is 8.34. The van der Waals surface area contributed by atoms with Crippen molar-refractivity contribution in [3.63, 3.8) is 0 Å². The lowest BCUT2D eigenvalue weighted by Crippen LogP contribution is -2.49. The fourth-order valence-corrected chi connectivity index (χ4v) is 3.77. The van der Waals surface area contributed by atoms with E-state index in [1.807, 2.05) is 67.6 Å². The highest BCUT2D eigenvalue weighted by molar-refractivity contribution is 6.31. The molecule has 0 spiro atoms. The SMILES string of the molecule is C=C/C=C(Cl)\C=C(/C)c1ccc(C[C@H](N[C@@H](CCc2ccccc2)C(=O)OCC)C(=O)O)cc1. The average Bonchev–Trinajstić information content (AvgIpc) is 2.82. The number of hydrogen-bond donors (Lipinski definition) is 2. The van der Waals surface area contributed by atoms with Gasteiger partial charge in [-0.2, -0.15) is 0 Å². The summed E-state index contributed by atoms with van der Waals surface area (Å²) < 4.78 is 5.19. The first-order chi connectivity index (χ1) is 16.3. The van der Waals surface area contributed by atoms with Crippen molar-refractivity contribution in [3.8, 4) is 0 Å². The van der Waals surface area contributed by atoms with E-state index in [4.69, 9.17) is 16.3 Å². The first-order valence-electron chi connectivity index (χ1n) is 11.3. The largest absolute Gasteiger partial charge is 0.480 e. The summed E-state index contributed by atoms with van der Waals surface area (Å²) in [6, 6.07) is 15.7. The Morgan fingerprint density at radius 2 is 1.76 bits per heavy atom. The third kappa shape index (κ3) is 9.00. The number of nitrogens with one attached hydrogen (secondary N) is 1. The third-order valence-electron chi connectivity index (χ3n) is 5.32. The van der Waals surface area contributed by atoms with Gasteiger partial charge in [0.15, 0.2) is 0 Å². The van der Waals surface area contributed by atoms with Crippen LogP contribution in [-0.4, -0.2) is 35.7 Å². The Labute approximate surface area is 206 Å². The van der Waals surface area contributed by atoms with Gasteiger partial charge in [-0.25, -0.2) is 0 Å². The molecule has 0 aliphatic rings. The number of benzene rings is 2. The monoisotopic (exact) mass is 481 g/mol. The summed E-state index contributed by atoms with van der Waals surface area (Å²) in [6.07, 6.45) is 6.48. The van der Waals surface area contributed by atoms with Gasteiger partial charge in [0.1, 0.15) is 12.1 Å². The van der Waals surface area contributed by atoms with E-state index in [2.05, 4.69) is 11.9 Å². The number of ether oxygens (including phenoxy) is 1. The highest BCUT2D eigenvalue weighted by Gasteiger charge is 2.27. The fraction of sp³-hybridized carbons (Fsp3) is 0.286. The van der Waals surface area contributed by atoms with Crippen LogP contribution in [0.2, 0.25) is 0 Å². The maximum absolute atomic E-state index is 12.5. The maximum Gasteiger partial charge on any atom is 0.323 e. The Morgan fingerprint density at radius 1 is 1.09 bits per heavy atom. The molecule has 2 atom stereocenters. The summed E-state index contributed by atoms with van der Waals surface area (Å²) >= 11 is 6.12. The molecule has 180 valence electrons. The van der Waals surface area contributed by atoms with E-state index in [0.29, 0.717) is 17.9 Å². The molecule has 2 rings (SSSR count). The highest BCUT2D eigenvalue weighted by Crippen LogP contribution is 2.19. The molecule has 0 unspecified atom stereocenters. The maximum atomic E-state index is 12.5. The van der Waals surface area contributed by atoms with Crippen LogP contribution in [0.25, 0.3) is 5.57 Å². The minimum absolute atomic E-state index is 0.233. The molecule has 34 heavy (non-hydrogen) atoms. The van der Waals surface area contributed by atoms with Gasteiger partial charge in [0, 0.05) is 5.03 Å². The van der Waals surface area contributed by atoms with Crippen molar-refractivity contribution < 1.29 is 19.4 Å². The van der Waals surface area contributed by atoms with Crippen molar-refractivity contribution in [2.75, 3.05) is 6.61 Å². The fourth-order valence-electron chi connectivity index (χ4n) is 3.52. The molecule has 0 aliphatic heterocycles. The zero-order valence-corrected chi connectivity index (χ0v) is 20.4. The topological polar surface area (TPSA) is 75.6 Å². The molecule has 0 bridgehead atoms. The summed E-state index contributed by atoms with van der Waals surface area (Å²) in [4.78, 5) is 24.5. The first kappa shape index (κ1) is 27.1.